The molecule has 2 rings (SSSR count). The van der Waals surface area contributed by atoms with Crippen LogP contribution in [0.15, 0.2) is 18.3 Å². The second-order valence-corrected chi connectivity index (χ2v) is 5.19. The average molecular weight is 292 g/mol. The molecular weight excluding hydrogens is 272 g/mol. The van der Waals surface area contributed by atoms with Gasteiger partial charge in [-0.15, -0.1) is 0 Å². The molecule has 114 valence electrons. The number of nitrogens with one attached hydrogen (secondary N) is 1. The highest BCUT2D eigenvalue weighted by molar-refractivity contribution is 5.95. The van der Waals surface area contributed by atoms with E-state index in [4.69, 9.17) is 4.74 Å². The molecular formula is C15H20N2O4. The van der Waals surface area contributed by atoms with E-state index in [0.29, 0.717) is 12.8 Å². The molecule has 1 aromatic rings. The van der Waals surface area contributed by atoms with E-state index in [1.165, 1.54) is 6.20 Å². The lowest BCUT2D eigenvalue weighted by atomic mass is 9.81. The summed E-state index contributed by atoms with van der Waals surface area (Å²) in [5, 5.41) is 12.6. The molecule has 0 saturated heterocycles. The summed E-state index contributed by atoms with van der Waals surface area (Å²) >= 11 is 0. The van der Waals surface area contributed by atoms with E-state index in [-0.39, 0.29) is 18.0 Å². The number of aromatic nitrogens is 1. The van der Waals surface area contributed by atoms with Crippen molar-refractivity contribution in [2.75, 3.05) is 11.9 Å². The van der Waals surface area contributed by atoms with Gasteiger partial charge in [-0.1, -0.05) is 19.3 Å². The molecule has 0 aliphatic heterocycles. The monoisotopic (exact) mass is 292 g/mol. The van der Waals surface area contributed by atoms with Gasteiger partial charge in [0.1, 0.15) is 16.9 Å². The first kappa shape index (κ1) is 15.3. The SMILES string of the molecule is CCOC(=O)c1cccnc1NC1(C(=O)O)CCCCC1. The number of hydrogen-bond acceptors (Lipinski definition) is 5. The fraction of sp³-hybridized carbons (Fsp3) is 0.533. The zero-order valence-corrected chi connectivity index (χ0v) is 12.1. The van der Waals surface area contributed by atoms with Crippen LogP contribution in [-0.4, -0.2) is 34.2 Å². The van der Waals surface area contributed by atoms with Crippen molar-refractivity contribution in [1.82, 2.24) is 4.98 Å². The van der Waals surface area contributed by atoms with Gasteiger partial charge in [-0.3, -0.25) is 0 Å². The number of carboxylic acids is 1. The number of anilines is 1. The number of carbonyl (C=O) groups is 2. The molecule has 0 aromatic carbocycles. The Kier molecular flexibility index (Phi) is 4.77. The highest BCUT2D eigenvalue weighted by Gasteiger charge is 2.40. The third-order valence-corrected chi connectivity index (χ3v) is 3.78. The molecule has 0 bridgehead atoms. The zero-order chi connectivity index (χ0) is 15.3. The van der Waals surface area contributed by atoms with Gasteiger partial charge < -0.3 is 15.2 Å². The first-order chi connectivity index (χ1) is 10.1. The molecule has 0 unspecified atom stereocenters. The quantitative estimate of drug-likeness (QED) is 0.810. The van der Waals surface area contributed by atoms with Crippen molar-refractivity contribution in [2.45, 2.75) is 44.6 Å². The number of hydrogen-bond donors (Lipinski definition) is 2. The molecule has 0 spiro atoms. The summed E-state index contributed by atoms with van der Waals surface area (Å²) in [6.07, 6.45) is 5.32. The van der Waals surface area contributed by atoms with Crippen LogP contribution < -0.4 is 5.32 Å². The maximum atomic E-state index is 11.9. The summed E-state index contributed by atoms with van der Waals surface area (Å²) in [6.45, 7) is 1.98. The third kappa shape index (κ3) is 3.32. The van der Waals surface area contributed by atoms with Crippen molar-refractivity contribution in [3.63, 3.8) is 0 Å². The lowest BCUT2D eigenvalue weighted by Crippen LogP contribution is -2.48. The highest BCUT2D eigenvalue weighted by Crippen LogP contribution is 2.32. The summed E-state index contributed by atoms with van der Waals surface area (Å²) in [6, 6.07) is 3.22. The number of esters is 1. The third-order valence-electron chi connectivity index (χ3n) is 3.78. The van der Waals surface area contributed by atoms with E-state index in [2.05, 4.69) is 10.3 Å². The van der Waals surface area contributed by atoms with E-state index in [1.54, 1.807) is 19.1 Å². The van der Waals surface area contributed by atoms with Crippen LogP contribution in [0, 0.1) is 0 Å². The van der Waals surface area contributed by atoms with Crippen molar-refractivity contribution in [3.8, 4) is 0 Å². The Morgan fingerprint density at radius 2 is 2.10 bits per heavy atom. The van der Waals surface area contributed by atoms with Gasteiger partial charge in [-0.25, -0.2) is 14.6 Å². The number of pyridine rings is 1. The Balaban J connectivity index is 2.29. The van der Waals surface area contributed by atoms with Crippen molar-refractivity contribution < 1.29 is 19.4 Å². The van der Waals surface area contributed by atoms with Gasteiger partial charge in [0.15, 0.2) is 0 Å². The number of rotatable bonds is 5. The van der Waals surface area contributed by atoms with Crippen LogP contribution in [0.3, 0.4) is 0 Å². The van der Waals surface area contributed by atoms with Gasteiger partial charge in [0.05, 0.1) is 6.61 Å². The lowest BCUT2D eigenvalue weighted by Gasteiger charge is -2.34. The molecule has 0 atom stereocenters. The number of ether oxygens (including phenoxy) is 1. The molecule has 6 heteroatoms. The van der Waals surface area contributed by atoms with E-state index in [1.807, 2.05) is 0 Å². The maximum Gasteiger partial charge on any atom is 0.341 e. The van der Waals surface area contributed by atoms with Crippen LogP contribution in [-0.2, 0) is 9.53 Å². The standard InChI is InChI=1S/C15H20N2O4/c1-2-21-13(18)11-7-6-10-16-12(11)17-15(14(19)20)8-4-3-5-9-15/h6-7,10H,2-5,8-9H2,1H3,(H,16,17)(H,19,20). The van der Waals surface area contributed by atoms with Gasteiger partial charge in [0, 0.05) is 6.20 Å². The summed E-state index contributed by atoms with van der Waals surface area (Å²) in [5.41, 5.74) is -0.779. The van der Waals surface area contributed by atoms with Crippen molar-refractivity contribution in [2.24, 2.45) is 0 Å². The summed E-state index contributed by atoms with van der Waals surface area (Å²) in [5.74, 6) is -1.12. The molecule has 1 saturated carbocycles. The topological polar surface area (TPSA) is 88.5 Å². The van der Waals surface area contributed by atoms with Crippen LogP contribution in [0.5, 0.6) is 0 Å². The Labute approximate surface area is 123 Å². The molecule has 1 fully saturated rings. The Bertz CT molecular complexity index is 524. The first-order valence-electron chi connectivity index (χ1n) is 7.23. The van der Waals surface area contributed by atoms with Crippen molar-refractivity contribution >= 4 is 17.8 Å². The van der Waals surface area contributed by atoms with E-state index < -0.39 is 17.5 Å². The minimum absolute atomic E-state index is 0.261. The Morgan fingerprint density at radius 3 is 2.71 bits per heavy atom. The predicted octanol–water partition coefficient (Wildman–Crippen LogP) is 2.46. The first-order valence-corrected chi connectivity index (χ1v) is 7.23. The molecule has 2 N–H and O–H groups in total. The fourth-order valence-corrected chi connectivity index (χ4v) is 2.65. The Morgan fingerprint density at radius 1 is 1.38 bits per heavy atom. The van der Waals surface area contributed by atoms with Crippen LogP contribution in [0.1, 0.15) is 49.4 Å². The molecule has 1 aliphatic carbocycles. The maximum absolute atomic E-state index is 11.9. The minimum atomic E-state index is -1.05. The van der Waals surface area contributed by atoms with Crippen molar-refractivity contribution in [1.29, 1.82) is 0 Å². The van der Waals surface area contributed by atoms with E-state index in [0.717, 1.165) is 19.3 Å². The number of carboxylic acid groups (broad SMARTS) is 1. The molecule has 6 nitrogen and oxygen atoms in total. The second-order valence-electron chi connectivity index (χ2n) is 5.19. The highest BCUT2D eigenvalue weighted by atomic mass is 16.5. The van der Waals surface area contributed by atoms with Crippen LogP contribution in [0.4, 0.5) is 5.82 Å². The lowest BCUT2D eigenvalue weighted by molar-refractivity contribution is -0.143. The van der Waals surface area contributed by atoms with Gasteiger partial charge in [0.2, 0.25) is 0 Å². The summed E-state index contributed by atoms with van der Waals surface area (Å²) < 4.78 is 4.98. The molecule has 1 aliphatic rings. The van der Waals surface area contributed by atoms with Crippen LogP contribution in [0.2, 0.25) is 0 Å². The van der Waals surface area contributed by atoms with E-state index in [9.17, 15) is 14.7 Å². The van der Waals surface area contributed by atoms with Crippen LogP contribution >= 0.6 is 0 Å². The summed E-state index contributed by atoms with van der Waals surface area (Å²) in [4.78, 5) is 27.7. The molecule has 0 amide bonds. The van der Waals surface area contributed by atoms with Crippen LogP contribution in [0.25, 0.3) is 0 Å². The normalized spacial score (nSPS) is 17.0. The van der Waals surface area contributed by atoms with Crippen molar-refractivity contribution in [3.05, 3.63) is 23.9 Å². The van der Waals surface area contributed by atoms with Gasteiger partial charge >= 0.3 is 11.9 Å². The number of aliphatic carboxylic acids is 1. The fourth-order valence-electron chi connectivity index (χ4n) is 2.65. The number of nitrogens with zero attached hydrogens (tertiary/aromatic N) is 1. The summed E-state index contributed by atoms with van der Waals surface area (Å²) in [7, 11) is 0. The van der Waals surface area contributed by atoms with E-state index >= 15 is 0 Å². The van der Waals surface area contributed by atoms with Gasteiger partial charge in [0.25, 0.3) is 0 Å². The minimum Gasteiger partial charge on any atom is -0.480 e. The smallest absolute Gasteiger partial charge is 0.341 e. The largest absolute Gasteiger partial charge is 0.480 e. The molecule has 21 heavy (non-hydrogen) atoms. The zero-order valence-electron chi connectivity index (χ0n) is 12.1. The second kappa shape index (κ2) is 6.56. The molecule has 1 heterocycles. The Hall–Kier alpha value is -2.11. The average Bonchev–Trinajstić information content (AvgIpc) is 2.49. The molecule has 0 radical (unpaired) electrons. The molecule has 1 aromatic heterocycles. The number of carbonyl (C=O) groups excluding carboxylic acids is 1. The van der Waals surface area contributed by atoms with Gasteiger partial charge in [-0.05, 0) is 31.9 Å². The van der Waals surface area contributed by atoms with Gasteiger partial charge in [-0.2, -0.15) is 0 Å². The predicted molar refractivity (Wildman–Crippen MR) is 77.3 cm³/mol.